The third-order valence-electron chi connectivity index (χ3n) is 6.68. The number of aryl methyl sites for hydroxylation is 1. The topological polar surface area (TPSA) is 73.9 Å². The molecule has 1 fully saturated rings. The molecule has 5 rings (SSSR count). The van der Waals surface area contributed by atoms with Crippen LogP contribution in [-0.2, 0) is 13.0 Å². The van der Waals surface area contributed by atoms with Gasteiger partial charge in [-0.05, 0) is 31.5 Å². The lowest BCUT2D eigenvalue weighted by Crippen LogP contribution is -2.46. The zero-order chi connectivity index (χ0) is 24.2. The van der Waals surface area contributed by atoms with Crippen molar-refractivity contribution in [3.63, 3.8) is 0 Å². The minimum Gasteiger partial charge on any atom is -0.352 e. The molecule has 0 amide bonds. The van der Waals surface area contributed by atoms with Gasteiger partial charge in [-0.3, -0.25) is 9.88 Å². The molecule has 0 N–H and O–H groups in total. The molecule has 35 heavy (non-hydrogen) atoms. The van der Waals surface area contributed by atoms with Crippen molar-refractivity contribution in [2.75, 3.05) is 31.1 Å². The van der Waals surface area contributed by atoms with Crippen LogP contribution in [0.1, 0.15) is 22.5 Å². The third-order valence-corrected chi connectivity index (χ3v) is 6.68. The predicted octanol–water partition coefficient (Wildman–Crippen LogP) is 4.33. The molecule has 0 radical (unpaired) electrons. The van der Waals surface area contributed by atoms with Crippen molar-refractivity contribution >= 4 is 5.82 Å². The second-order valence-corrected chi connectivity index (χ2v) is 8.92. The van der Waals surface area contributed by atoms with Gasteiger partial charge in [-0.25, -0.2) is 9.67 Å². The Morgan fingerprint density at radius 1 is 0.886 bits per heavy atom. The maximum atomic E-state index is 8.93. The number of benzene rings is 2. The van der Waals surface area contributed by atoms with Crippen LogP contribution in [0.25, 0.3) is 16.9 Å². The van der Waals surface area contributed by atoms with E-state index in [0.29, 0.717) is 6.42 Å². The zero-order valence-corrected chi connectivity index (χ0v) is 20.2. The summed E-state index contributed by atoms with van der Waals surface area (Å²) in [6.45, 7) is 8.84. The fourth-order valence-electron chi connectivity index (χ4n) is 4.70. The number of anilines is 1. The summed E-state index contributed by atoms with van der Waals surface area (Å²) in [7, 11) is 0. The summed E-state index contributed by atoms with van der Waals surface area (Å²) in [4.78, 5) is 14.2. The zero-order valence-electron chi connectivity index (χ0n) is 20.2. The molecule has 0 unspecified atom stereocenters. The van der Waals surface area contributed by atoms with Crippen molar-refractivity contribution in [1.82, 2.24) is 24.6 Å². The molecule has 7 nitrogen and oxygen atoms in total. The molecule has 176 valence electrons. The Kier molecular flexibility index (Phi) is 6.55. The van der Waals surface area contributed by atoms with Crippen molar-refractivity contribution < 1.29 is 0 Å². The second kappa shape index (κ2) is 10.1. The lowest BCUT2D eigenvalue weighted by molar-refractivity contribution is 0.248. The lowest BCUT2D eigenvalue weighted by atomic mass is 10.1. The maximum Gasteiger partial charge on any atom is 0.155 e. The van der Waals surface area contributed by atoms with Gasteiger partial charge in [0.25, 0.3) is 0 Å². The average Bonchev–Trinajstić information content (AvgIpc) is 3.19. The number of hydrogen-bond donors (Lipinski definition) is 0. The monoisotopic (exact) mass is 463 g/mol. The Morgan fingerprint density at radius 2 is 1.60 bits per heavy atom. The molecular weight excluding hydrogens is 434 g/mol. The Hall–Kier alpha value is -4.02. The highest BCUT2D eigenvalue weighted by atomic mass is 15.3. The van der Waals surface area contributed by atoms with E-state index in [1.165, 1.54) is 11.3 Å². The smallest absolute Gasteiger partial charge is 0.155 e. The first-order valence-electron chi connectivity index (χ1n) is 12.0. The van der Waals surface area contributed by atoms with E-state index < -0.39 is 0 Å². The summed E-state index contributed by atoms with van der Waals surface area (Å²) in [6, 6.07) is 20.6. The largest absolute Gasteiger partial charge is 0.352 e. The van der Waals surface area contributed by atoms with E-state index in [-0.39, 0.29) is 0 Å². The molecule has 0 aliphatic carbocycles. The van der Waals surface area contributed by atoms with Gasteiger partial charge in [-0.1, -0.05) is 42.5 Å². The molecule has 1 aliphatic rings. The van der Waals surface area contributed by atoms with E-state index in [0.717, 1.165) is 66.7 Å². The number of piperazine rings is 1. The van der Waals surface area contributed by atoms with Gasteiger partial charge in [0, 0.05) is 61.9 Å². The van der Waals surface area contributed by atoms with Gasteiger partial charge in [-0.15, -0.1) is 0 Å². The Balaban J connectivity index is 1.28. The molecule has 1 saturated heterocycles. The number of nitrogens with zero attached hydrogens (tertiary/aromatic N) is 7. The first-order chi connectivity index (χ1) is 17.1. The molecule has 1 aliphatic heterocycles. The first kappa shape index (κ1) is 22.8. The van der Waals surface area contributed by atoms with Crippen molar-refractivity contribution in [3.05, 3.63) is 89.5 Å². The fourth-order valence-corrected chi connectivity index (χ4v) is 4.70. The van der Waals surface area contributed by atoms with Gasteiger partial charge in [0.05, 0.1) is 23.9 Å². The standard InChI is InChI=1S/C28H29N7/c1-21-26(22(2)35(32-21)25-6-4-3-5-7-25)20-33-16-18-34(19-17-33)28-27(30-14-15-31-28)24-10-8-23(9-11-24)12-13-29/h3-11,14-15H,12,16-20H2,1-2H3. The van der Waals surface area contributed by atoms with E-state index in [4.69, 9.17) is 15.3 Å². The van der Waals surface area contributed by atoms with E-state index >= 15 is 0 Å². The predicted molar refractivity (Wildman–Crippen MR) is 137 cm³/mol. The van der Waals surface area contributed by atoms with Crippen molar-refractivity contribution in [3.8, 4) is 23.0 Å². The van der Waals surface area contributed by atoms with Crippen LogP contribution in [0.3, 0.4) is 0 Å². The quantitative estimate of drug-likeness (QED) is 0.424. The van der Waals surface area contributed by atoms with E-state index in [2.05, 4.69) is 51.5 Å². The van der Waals surface area contributed by atoms with Crippen LogP contribution in [-0.4, -0.2) is 50.8 Å². The average molecular weight is 464 g/mol. The molecule has 3 heterocycles. The molecule has 4 aromatic rings. The van der Waals surface area contributed by atoms with Crippen LogP contribution in [0, 0.1) is 25.2 Å². The fraction of sp³-hybridized carbons (Fsp3) is 0.286. The summed E-state index contributed by atoms with van der Waals surface area (Å²) in [5, 5.41) is 13.7. The molecule has 2 aromatic carbocycles. The highest BCUT2D eigenvalue weighted by Gasteiger charge is 2.23. The molecule has 0 atom stereocenters. The van der Waals surface area contributed by atoms with Gasteiger partial charge in [0.1, 0.15) is 5.69 Å². The van der Waals surface area contributed by atoms with Crippen LogP contribution in [0.4, 0.5) is 5.82 Å². The minimum atomic E-state index is 0.415. The third kappa shape index (κ3) is 4.79. The highest BCUT2D eigenvalue weighted by molar-refractivity contribution is 5.72. The van der Waals surface area contributed by atoms with Gasteiger partial charge >= 0.3 is 0 Å². The molecule has 2 aromatic heterocycles. The molecule has 0 spiro atoms. The molecule has 7 heteroatoms. The van der Waals surface area contributed by atoms with Crippen molar-refractivity contribution in [2.24, 2.45) is 0 Å². The first-order valence-corrected chi connectivity index (χ1v) is 12.0. The normalized spacial score (nSPS) is 14.1. The minimum absolute atomic E-state index is 0.415. The number of aromatic nitrogens is 4. The maximum absolute atomic E-state index is 8.93. The van der Waals surface area contributed by atoms with E-state index in [9.17, 15) is 0 Å². The molecule has 0 saturated carbocycles. The summed E-state index contributed by atoms with van der Waals surface area (Å²) < 4.78 is 2.05. The van der Waals surface area contributed by atoms with Crippen molar-refractivity contribution in [1.29, 1.82) is 5.26 Å². The van der Waals surface area contributed by atoms with Crippen LogP contribution < -0.4 is 4.90 Å². The van der Waals surface area contributed by atoms with Gasteiger partial charge in [0.2, 0.25) is 0 Å². The van der Waals surface area contributed by atoms with Gasteiger partial charge in [0.15, 0.2) is 5.82 Å². The second-order valence-electron chi connectivity index (χ2n) is 8.92. The number of nitriles is 1. The highest BCUT2D eigenvalue weighted by Crippen LogP contribution is 2.28. The number of rotatable bonds is 6. The van der Waals surface area contributed by atoms with Crippen LogP contribution in [0.15, 0.2) is 67.0 Å². The summed E-state index contributed by atoms with van der Waals surface area (Å²) in [5.41, 5.74) is 7.62. The SMILES string of the molecule is Cc1nn(-c2ccccc2)c(C)c1CN1CCN(c2nccnc2-c2ccc(CC#N)cc2)CC1. The Labute approximate surface area is 206 Å². The summed E-state index contributed by atoms with van der Waals surface area (Å²) in [5.74, 6) is 0.921. The lowest BCUT2D eigenvalue weighted by Gasteiger charge is -2.36. The Bertz CT molecular complexity index is 1330. The van der Waals surface area contributed by atoms with Gasteiger partial charge < -0.3 is 4.90 Å². The summed E-state index contributed by atoms with van der Waals surface area (Å²) in [6.07, 6.45) is 3.92. The Morgan fingerprint density at radius 3 is 2.31 bits per heavy atom. The van der Waals surface area contributed by atoms with Crippen molar-refractivity contribution in [2.45, 2.75) is 26.8 Å². The van der Waals surface area contributed by atoms with Gasteiger partial charge in [-0.2, -0.15) is 10.4 Å². The number of hydrogen-bond acceptors (Lipinski definition) is 6. The van der Waals surface area contributed by atoms with E-state index in [1.54, 1.807) is 12.4 Å². The molecule has 0 bridgehead atoms. The van der Waals surface area contributed by atoms with Crippen LogP contribution in [0.2, 0.25) is 0 Å². The van der Waals surface area contributed by atoms with E-state index in [1.807, 2.05) is 42.5 Å². The van der Waals surface area contributed by atoms with Crippen LogP contribution in [0.5, 0.6) is 0 Å². The van der Waals surface area contributed by atoms with Crippen LogP contribution >= 0.6 is 0 Å². The summed E-state index contributed by atoms with van der Waals surface area (Å²) >= 11 is 0. The molecular formula is C28H29N7. The number of para-hydroxylation sites is 1.